The fraction of sp³-hybridized carbons (Fsp3) is 1.00. The molecule has 0 atom stereocenters. The zero-order valence-corrected chi connectivity index (χ0v) is 6.01. The van der Waals surface area contributed by atoms with Crippen LogP contribution in [0.3, 0.4) is 0 Å². The van der Waals surface area contributed by atoms with Gasteiger partial charge < -0.3 is 0 Å². The van der Waals surface area contributed by atoms with Crippen molar-refractivity contribution in [3.63, 3.8) is 0 Å². The van der Waals surface area contributed by atoms with Crippen LogP contribution in [-0.4, -0.2) is 15.5 Å². The lowest BCUT2D eigenvalue weighted by molar-refractivity contribution is 0.587. The van der Waals surface area contributed by atoms with Gasteiger partial charge in [-0.2, -0.15) is 8.42 Å². The standard InChI is InChI=1S/CH5BrN2O2S/c1-3-7(5,6)4-2/h3-4H,1H3. The Kier molecular flexibility index (Phi) is 2.74. The summed E-state index contributed by atoms with van der Waals surface area (Å²) in [6.45, 7) is 0. The summed E-state index contributed by atoms with van der Waals surface area (Å²) in [4.78, 5) is 0. The van der Waals surface area contributed by atoms with Crippen molar-refractivity contribution in [2.24, 2.45) is 0 Å². The molecule has 0 heterocycles. The first-order chi connectivity index (χ1) is 3.12. The topological polar surface area (TPSA) is 58.2 Å². The number of hydrogen-bond acceptors (Lipinski definition) is 2. The maximum absolute atomic E-state index is 10.1. The first kappa shape index (κ1) is 7.35. The molecule has 0 amide bonds. The van der Waals surface area contributed by atoms with Gasteiger partial charge in [-0.15, -0.1) is 3.75 Å². The molecule has 0 saturated heterocycles. The van der Waals surface area contributed by atoms with Gasteiger partial charge in [-0.1, -0.05) is 0 Å². The molecular formula is CH5BrN2O2S. The molecule has 0 rings (SSSR count). The summed E-state index contributed by atoms with van der Waals surface area (Å²) in [7, 11) is -1.93. The molecule has 6 heteroatoms. The smallest absolute Gasteiger partial charge is 0.205 e. The van der Waals surface area contributed by atoms with Crippen molar-refractivity contribution >= 4 is 26.4 Å². The highest BCUT2D eigenvalue weighted by Gasteiger charge is 1.98. The van der Waals surface area contributed by atoms with E-state index in [1.54, 1.807) is 0 Å². The van der Waals surface area contributed by atoms with Gasteiger partial charge in [-0.05, 0) is 0 Å². The number of hydrogen-bond donors (Lipinski definition) is 2. The van der Waals surface area contributed by atoms with E-state index in [1.807, 2.05) is 8.47 Å². The van der Waals surface area contributed by atoms with Crippen molar-refractivity contribution in [3.8, 4) is 0 Å². The average Bonchev–Trinajstić information content (AvgIpc) is 1.68. The van der Waals surface area contributed by atoms with Crippen LogP contribution >= 0.6 is 16.1 Å². The second kappa shape index (κ2) is 2.61. The quantitative estimate of drug-likeness (QED) is 0.567. The van der Waals surface area contributed by atoms with E-state index in [-0.39, 0.29) is 0 Å². The van der Waals surface area contributed by atoms with Crippen LogP contribution in [0.1, 0.15) is 0 Å². The highest BCUT2D eigenvalue weighted by atomic mass is 79.9. The average molecular weight is 189 g/mol. The first-order valence-corrected chi connectivity index (χ1v) is 3.71. The number of nitrogens with one attached hydrogen (secondary N) is 2. The zero-order chi connectivity index (χ0) is 5.91. The van der Waals surface area contributed by atoms with Crippen LogP contribution in [0.4, 0.5) is 0 Å². The Morgan fingerprint density at radius 3 is 2.00 bits per heavy atom. The molecule has 0 radical (unpaired) electrons. The van der Waals surface area contributed by atoms with Crippen molar-refractivity contribution in [2.45, 2.75) is 0 Å². The van der Waals surface area contributed by atoms with Crippen molar-refractivity contribution < 1.29 is 8.42 Å². The predicted octanol–water partition coefficient (Wildman–Crippen LogP) is -0.650. The maximum Gasteiger partial charge on any atom is 0.286 e. The number of rotatable bonds is 2. The van der Waals surface area contributed by atoms with Crippen LogP contribution in [-0.2, 0) is 10.2 Å². The zero-order valence-electron chi connectivity index (χ0n) is 3.60. The van der Waals surface area contributed by atoms with Gasteiger partial charge in [0, 0.05) is 23.2 Å². The largest absolute Gasteiger partial charge is 0.286 e. The molecule has 0 aliphatic carbocycles. The van der Waals surface area contributed by atoms with E-state index >= 15 is 0 Å². The van der Waals surface area contributed by atoms with Gasteiger partial charge in [0.25, 0.3) is 10.2 Å². The fourth-order valence-electron chi connectivity index (χ4n) is 0.0386. The van der Waals surface area contributed by atoms with Gasteiger partial charge in [0.15, 0.2) is 0 Å². The third-order valence-corrected chi connectivity index (χ3v) is 2.39. The molecule has 0 spiro atoms. The Labute approximate surface area is 50.8 Å². The van der Waals surface area contributed by atoms with E-state index in [2.05, 4.69) is 16.1 Å². The summed E-state index contributed by atoms with van der Waals surface area (Å²) in [5.74, 6) is 0. The van der Waals surface area contributed by atoms with Crippen LogP contribution in [0.15, 0.2) is 0 Å². The van der Waals surface area contributed by atoms with E-state index in [1.165, 1.54) is 7.05 Å². The van der Waals surface area contributed by atoms with E-state index in [0.717, 1.165) is 0 Å². The van der Waals surface area contributed by atoms with Crippen molar-refractivity contribution in [1.29, 1.82) is 0 Å². The summed E-state index contributed by atoms with van der Waals surface area (Å²) in [5.41, 5.74) is 0. The maximum atomic E-state index is 10.1. The van der Waals surface area contributed by atoms with E-state index < -0.39 is 10.2 Å². The lowest BCUT2D eigenvalue weighted by atomic mass is 11.6. The highest BCUT2D eigenvalue weighted by molar-refractivity contribution is 9.09. The summed E-state index contributed by atoms with van der Waals surface area (Å²) < 4.78 is 24.1. The summed E-state index contributed by atoms with van der Waals surface area (Å²) >= 11 is 2.53. The van der Waals surface area contributed by atoms with Crippen molar-refractivity contribution in [3.05, 3.63) is 0 Å². The molecule has 0 bridgehead atoms. The number of halogens is 1. The lowest BCUT2D eigenvalue weighted by Gasteiger charge is -1.92. The Morgan fingerprint density at radius 1 is 1.57 bits per heavy atom. The molecule has 0 aromatic heterocycles. The third-order valence-electron chi connectivity index (χ3n) is 0.370. The second-order valence-corrected chi connectivity index (χ2v) is 3.33. The van der Waals surface area contributed by atoms with Crippen molar-refractivity contribution in [1.82, 2.24) is 8.47 Å². The van der Waals surface area contributed by atoms with Crippen LogP contribution in [0.25, 0.3) is 0 Å². The van der Waals surface area contributed by atoms with Crippen LogP contribution in [0, 0.1) is 0 Å². The minimum atomic E-state index is -3.24. The molecule has 44 valence electrons. The van der Waals surface area contributed by atoms with Crippen LogP contribution in [0.2, 0.25) is 0 Å². The fourth-order valence-corrected chi connectivity index (χ4v) is 0.601. The molecule has 0 aliphatic heterocycles. The molecule has 0 aromatic carbocycles. The summed E-state index contributed by atoms with van der Waals surface area (Å²) in [5, 5.41) is 0. The van der Waals surface area contributed by atoms with Gasteiger partial charge in [0.1, 0.15) is 0 Å². The predicted molar refractivity (Wildman–Crippen MR) is 30.0 cm³/mol. The molecule has 0 aromatic rings. The molecule has 7 heavy (non-hydrogen) atoms. The molecule has 0 fully saturated rings. The minimum absolute atomic E-state index is 1.31. The van der Waals surface area contributed by atoms with Gasteiger partial charge in [0.2, 0.25) is 0 Å². The van der Waals surface area contributed by atoms with E-state index in [9.17, 15) is 8.42 Å². The first-order valence-electron chi connectivity index (χ1n) is 1.43. The third kappa shape index (κ3) is 2.98. The second-order valence-electron chi connectivity index (χ2n) is 0.785. The Bertz CT molecular complexity index is 119. The molecule has 0 aliphatic rings. The van der Waals surface area contributed by atoms with Gasteiger partial charge in [-0.3, -0.25) is 0 Å². The molecule has 4 nitrogen and oxygen atoms in total. The van der Waals surface area contributed by atoms with Gasteiger partial charge in [0.05, 0.1) is 0 Å². The monoisotopic (exact) mass is 188 g/mol. The normalized spacial score (nSPS) is 11.7. The molecule has 0 saturated carbocycles. The van der Waals surface area contributed by atoms with Gasteiger partial charge >= 0.3 is 0 Å². The van der Waals surface area contributed by atoms with E-state index in [4.69, 9.17) is 0 Å². The Morgan fingerprint density at radius 2 is 2.00 bits per heavy atom. The molecule has 0 unspecified atom stereocenters. The summed E-state index contributed by atoms with van der Waals surface area (Å²) in [6, 6.07) is 0. The van der Waals surface area contributed by atoms with Crippen molar-refractivity contribution in [2.75, 3.05) is 7.05 Å². The van der Waals surface area contributed by atoms with Gasteiger partial charge in [-0.25, -0.2) is 4.72 Å². The van der Waals surface area contributed by atoms with E-state index in [0.29, 0.717) is 0 Å². The highest BCUT2D eigenvalue weighted by Crippen LogP contribution is 1.75. The lowest BCUT2D eigenvalue weighted by Crippen LogP contribution is -2.26. The SMILES string of the molecule is CNS(=O)(=O)NBr. The van der Waals surface area contributed by atoms with Crippen LogP contribution in [0.5, 0.6) is 0 Å². The summed E-state index contributed by atoms with van der Waals surface area (Å²) in [6.07, 6.45) is 0. The minimum Gasteiger partial charge on any atom is -0.205 e. The Hall–Kier alpha value is 0.350. The molecule has 2 N–H and O–H groups in total. The molecular weight excluding hydrogens is 184 g/mol. The Balaban J connectivity index is 3.89. The van der Waals surface area contributed by atoms with Crippen LogP contribution < -0.4 is 8.47 Å².